The summed E-state index contributed by atoms with van der Waals surface area (Å²) in [5.41, 5.74) is 5.21. The Balaban J connectivity index is 2.23. The van der Waals surface area contributed by atoms with Gasteiger partial charge in [-0.2, -0.15) is 8.42 Å². The van der Waals surface area contributed by atoms with E-state index >= 15 is 0 Å². The number of nitro groups is 1. The first-order valence-corrected chi connectivity index (χ1v) is 10.4. The predicted molar refractivity (Wildman–Crippen MR) is 96.2 cm³/mol. The Morgan fingerprint density at radius 3 is 2.37 bits per heavy atom. The summed E-state index contributed by atoms with van der Waals surface area (Å²) in [4.78, 5) is 9.56. The van der Waals surface area contributed by atoms with Gasteiger partial charge in [-0.1, -0.05) is 29.4 Å². The SMILES string of the molecule is Cc1ccc([N+](=O)[O-])cc1S(=O)(=O)O/N=C(/N)CS(=O)(=O)c1ccccc1. The van der Waals surface area contributed by atoms with E-state index in [1.54, 1.807) is 6.07 Å². The number of rotatable bonds is 7. The van der Waals surface area contributed by atoms with E-state index in [4.69, 9.17) is 5.73 Å². The number of aryl methyl sites for hydroxylation is 1. The van der Waals surface area contributed by atoms with Crippen LogP contribution in [0.25, 0.3) is 0 Å². The number of non-ortho nitro benzene ring substituents is 1. The van der Waals surface area contributed by atoms with E-state index in [1.807, 2.05) is 0 Å². The lowest BCUT2D eigenvalue weighted by Crippen LogP contribution is -2.24. The highest BCUT2D eigenvalue weighted by molar-refractivity contribution is 7.92. The molecule has 0 aliphatic carbocycles. The van der Waals surface area contributed by atoms with E-state index in [1.165, 1.54) is 37.3 Å². The minimum atomic E-state index is -4.53. The van der Waals surface area contributed by atoms with Crippen molar-refractivity contribution >= 4 is 31.5 Å². The van der Waals surface area contributed by atoms with Crippen molar-refractivity contribution in [1.82, 2.24) is 0 Å². The Bertz CT molecular complexity index is 1100. The number of sulfone groups is 1. The molecule has 0 fully saturated rings. The predicted octanol–water partition coefficient (Wildman–Crippen LogP) is 1.35. The molecule has 2 aromatic rings. The van der Waals surface area contributed by atoms with E-state index in [2.05, 4.69) is 9.44 Å². The first kappa shape index (κ1) is 20.3. The van der Waals surface area contributed by atoms with Gasteiger partial charge in [0.25, 0.3) is 5.69 Å². The van der Waals surface area contributed by atoms with E-state index < -0.39 is 47.1 Å². The zero-order valence-electron chi connectivity index (χ0n) is 14.0. The van der Waals surface area contributed by atoms with Gasteiger partial charge in [0.2, 0.25) is 0 Å². The zero-order chi connectivity index (χ0) is 20.2. The zero-order valence-corrected chi connectivity index (χ0v) is 15.6. The Morgan fingerprint density at radius 2 is 1.78 bits per heavy atom. The van der Waals surface area contributed by atoms with Crippen LogP contribution in [0.2, 0.25) is 0 Å². The molecule has 0 unspecified atom stereocenters. The summed E-state index contributed by atoms with van der Waals surface area (Å²) >= 11 is 0. The molecule has 144 valence electrons. The van der Waals surface area contributed by atoms with Crippen LogP contribution in [-0.4, -0.2) is 33.3 Å². The van der Waals surface area contributed by atoms with Crippen molar-refractivity contribution in [3.05, 3.63) is 64.2 Å². The summed E-state index contributed by atoms with van der Waals surface area (Å²) in [6.07, 6.45) is 0. The van der Waals surface area contributed by atoms with Crippen LogP contribution >= 0.6 is 0 Å². The number of benzene rings is 2. The maximum Gasteiger partial charge on any atom is 0.359 e. The van der Waals surface area contributed by atoms with E-state index in [0.717, 1.165) is 12.1 Å². The van der Waals surface area contributed by atoms with Gasteiger partial charge >= 0.3 is 10.1 Å². The van der Waals surface area contributed by atoms with Crippen molar-refractivity contribution in [1.29, 1.82) is 0 Å². The Kier molecular flexibility index (Phi) is 5.81. The van der Waals surface area contributed by atoms with Crippen LogP contribution in [0.4, 0.5) is 5.69 Å². The van der Waals surface area contributed by atoms with Crippen LogP contribution in [0.3, 0.4) is 0 Å². The minimum Gasteiger partial charge on any atom is -0.384 e. The number of nitro benzene ring substituents is 1. The summed E-state index contributed by atoms with van der Waals surface area (Å²) in [5, 5.41) is 14.0. The molecule has 10 nitrogen and oxygen atoms in total. The molecule has 0 spiro atoms. The third-order valence-electron chi connectivity index (χ3n) is 3.34. The summed E-state index contributed by atoms with van der Waals surface area (Å²) < 4.78 is 53.2. The number of hydrogen-bond acceptors (Lipinski definition) is 8. The lowest BCUT2D eigenvalue weighted by atomic mass is 10.2. The van der Waals surface area contributed by atoms with Crippen LogP contribution < -0.4 is 5.73 Å². The third kappa shape index (κ3) is 5.01. The van der Waals surface area contributed by atoms with Crippen molar-refractivity contribution < 1.29 is 26.0 Å². The maximum atomic E-state index is 12.2. The Morgan fingerprint density at radius 1 is 1.15 bits per heavy atom. The fourth-order valence-corrected chi connectivity index (χ4v) is 4.22. The van der Waals surface area contributed by atoms with E-state index in [9.17, 15) is 26.9 Å². The van der Waals surface area contributed by atoms with Crippen molar-refractivity contribution in [2.45, 2.75) is 16.7 Å². The quantitative estimate of drug-likeness (QED) is 0.308. The van der Waals surface area contributed by atoms with Crippen molar-refractivity contribution in [3.63, 3.8) is 0 Å². The number of amidine groups is 1. The maximum absolute atomic E-state index is 12.2. The lowest BCUT2D eigenvalue weighted by Gasteiger charge is -2.06. The summed E-state index contributed by atoms with van der Waals surface area (Å²) in [6.45, 7) is 1.41. The molecule has 0 saturated carbocycles. The van der Waals surface area contributed by atoms with E-state index in [-0.39, 0.29) is 10.5 Å². The third-order valence-corrected chi connectivity index (χ3v) is 6.26. The minimum absolute atomic E-state index is 0.0134. The fraction of sp³-hybridized carbons (Fsp3) is 0.133. The normalized spacial score (nSPS) is 12.6. The molecule has 0 amide bonds. The highest BCUT2D eigenvalue weighted by Crippen LogP contribution is 2.23. The topological polar surface area (TPSA) is 159 Å². The standard InChI is InChI=1S/C15H15N3O7S2/c1-11-7-8-12(18(19)20)9-14(11)27(23,24)25-17-15(16)10-26(21,22)13-5-3-2-4-6-13/h2-9H,10H2,1H3,(H2,16,17). The molecular formula is C15H15N3O7S2. The van der Waals surface area contributed by atoms with Crippen molar-refractivity contribution in [2.75, 3.05) is 5.75 Å². The molecule has 2 aromatic carbocycles. The summed E-state index contributed by atoms with van der Waals surface area (Å²) in [7, 11) is -8.37. The average Bonchev–Trinajstić information content (AvgIpc) is 2.60. The first-order chi connectivity index (χ1) is 12.5. The molecule has 12 heteroatoms. The molecular weight excluding hydrogens is 398 g/mol. The number of nitrogens with two attached hydrogens (primary N) is 1. The summed E-state index contributed by atoms with van der Waals surface area (Å²) in [5.74, 6) is -1.36. The van der Waals surface area contributed by atoms with Gasteiger partial charge in [0.1, 0.15) is 10.6 Å². The Hall–Kier alpha value is -2.99. The van der Waals surface area contributed by atoms with Crippen molar-refractivity contribution in [3.8, 4) is 0 Å². The molecule has 0 saturated heterocycles. The largest absolute Gasteiger partial charge is 0.384 e. The van der Waals surface area contributed by atoms with Crippen LogP contribution in [0, 0.1) is 17.0 Å². The van der Waals surface area contributed by atoms with E-state index in [0.29, 0.717) is 0 Å². The average molecular weight is 413 g/mol. The van der Waals surface area contributed by atoms with Crippen LogP contribution in [-0.2, 0) is 24.2 Å². The molecule has 0 heterocycles. The molecule has 0 aliphatic rings. The van der Waals surface area contributed by atoms with Gasteiger partial charge in [0.15, 0.2) is 15.7 Å². The molecule has 0 atom stereocenters. The molecule has 0 bridgehead atoms. The summed E-state index contributed by atoms with van der Waals surface area (Å²) in [6, 6.07) is 10.6. The van der Waals surface area contributed by atoms with Gasteiger partial charge in [-0.15, -0.1) is 0 Å². The van der Waals surface area contributed by atoms with Crippen LogP contribution in [0.1, 0.15) is 5.56 Å². The molecule has 0 radical (unpaired) electrons. The second kappa shape index (κ2) is 7.72. The highest BCUT2D eigenvalue weighted by atomic mass is 32.2. The van der Waals surface area contributed by atoms with Crippen LogP contribution in [0.15, 0.2) is 63.5 Å². The van der Waals surface area contributed by atoms with Crippen LogP contribution in [0.5, 0.6) is 0 Å². The van der Waals surface area contributed by atoms with Gasteiger partial charge in [0, 0.05) is 12.1 Å². The second-order valence-electron chi connectivity index (χ2n) is 5.39. The first-order valence-electron chi connectivity index (χ1n) is 7.32. The monoisotopic (exact) mass is 413 g/mol. The fourth-order valence-electron chi connectivity index (χ4n) is 2.04. The van der Waals surface area contributed by atoms with Gasteiger partial charge in [-0.3, -0.25) is 14.4 Å². The molecule has 0 aliphatic heterocycles. The number of hydrogen-bond donors (Lipinski definition) is 1. The molecule has 2 rings (SSSR count). The number of oxime groups is 1. The lowest BCUT2D eigenvalue weighted by molar-refractivity contribution is -0.385. The van der Waals surface area contributed by atoms with Crippen molar-refractivity contribution in [2.24, 2.45) is 10.9 Å². The Labute approximate surface area is 155 Å². The van der Waals surface area contributed by atoms with Gasteiger partial charge in [0.05, 0.1) is 9.82 Å². The number of nitrogens with zero attached hydrogens (tertiary/aromatic N) is 2. The highest BCUT2D eigenvalue weighted by Gasteiger charge is 2.23. The molecule has 2 N–H and O–H groups in total. The van der Waals surface area contributed by atoms with Gasteiger partial charge in [-0.25, -0.2) is 8.42 Å². The molecule has 27 heavy (non-hydrogen) atoms. The molecule has 0 aromatic heterocycles. The second-order valence-corrected chi connectivity index (χ2v) is 8.88. The smallest absolute Gasteiger partial charge is 0.359 e. The van der Waals surface area contributed by atoms with Gasteiger partial charge < -0.3 is 5.73 Å². The van der Waals surface area contributed by atoms with Gasteiger partial charge in [-0.05, 0) is 24.6 Å².